The lowest BCUT2D eigenvalue weighted by Crippen LogP contribution is -2.52. The molecule has 1 atom stereocenters. The zero-order valence-corrected chi connectivity index (χ0v) is 13.0. The predicted molar refractivity (Wildman–Crippen MR) is 80.8 cm³/mol. The van der Waals surface area contributed by atoms with Gasteiger partial charge in [-0.15, -0.1) is 0 Å². The van der Waals surface area contributed by atoms with Gasteiger partial charge in [-0.1, -0.05) is 6.92 Å². The summed E-state index contributed by atoms with van der Waals surface area (Å²) in [6.45, 7) is 5.54. The number of amides is 1. The van der Waals surface area contributed by atoms with E-state index < -0.39 is 0 Å². The summed E-state index contributed by atoms with van der Waals surface area (Å²) in [5, 5.41) is 13.5. The van der Waals surface area contributed by atoms with Crippen LogP contribution in [0.4, 0.5) is 0 Å². The first-order valence-corrected chi connectivity index (χ1v) is 7.74. The zero-order valence-electron chi connectivity index (χ0n) is 13.0. The van der Waals surface area contributed by atoms with Gasteiger partial charge in [0, 0.05) is 51.9 Å². The van der Waals surface area contributed by atoms with Crippen molar-refractivity contribution in [1.82, 2.24) is 19.6 Å². The largest absolute Gasteiger partial charge is 0.395 e. The molecule has 0 bridgehead atoms. The van der Waals surface area contributed by atoms with Gasteiger partial charge in [-0.3, -0.25) is 14.4 Å². The molecule has 0 radical (unpaired) electrons. The van der Waals surface area contributed by atoms with E-state index in [4.69, 9.17) is 0 Å². The number of nitrogens with zero attached hydrogens (tertiary/aromatic N) is 4. The highest BCUT2D eigenvalue weighted by atomic mass is 16.3. The molecule has 21 heavy (non-hydrogen) atoms. The van der Waals surface area contributed by atoms with E-state index in [1.165, 1.54) is 0 Å². The van der Waals surface area contributed by atoms with Crippen molar-refractivity contribution < 1.29 is 9.90 Å². The number of piperazine rings is 1. The topological polar surface area (TPSA) is 61.6 Å². The van der Waals surface area contributed by atoms with Crippen LogP contribution in [0.3, 0.4) is 0 Å². The Hall–Kier alpha value is -1.40. The summed E-state index contributed by atoms with van der Waals surface area (Å²) in [5.74, 6) is 0.218. The zero-order chi connectivity index (χ0) is 15.2. The van der Waals surface area contributed by atoms with Gasteiger partial charge < -0.3 is 10.0 Å². The number of aliphatic hydroxyl groups is 1. The fraction of sp³-hybridized carbons (Fsp3) is 0.733. The van der Waals surface area contributed by atoms with Crippen LogP contribution in [0.5, 0.6) is 0 Å². The number of carbonyl (C=O) groups excluding carboxylic acids is 1. The maximum atomic E-state index is 12.2. The van der Waals surface area contributed by atoms with E-state index in [1.807, 2.05) is 24.3 Å². The Morgan fingerprint density at radius 2 is 2.10 bits per heavy atom. The second kappa shape index (κ2) is 7.56. The first-order chi connectivity index (χ1) is 10.1. The van der Waals surface area contributed by atoms with E-state index in [-0.39, 0.29) is 18.6 Å². The fourth-order valence-corrected chi connectivity index (χ4v) is 2.85. The highest BCUT2D eigenvalue weighted by Gasteiger charge is 2.24. The van der Waals surface area contributed by atoms with E-state index >= 15 is 0 Å². The van der Waals surface area contributed by atoms with Gasteiger partial charge in [-0.2, -0.15) is 5.10 Å². The molecular weight excluding hydrogens is 268 g/mol. The summed E-state index contributed by atoms with van der Waals surface area (Å²) in [6, 6.07) is 0.234. The third kappa shape index (κ3) is 4.28. The second-order valence-corrected chi connectivity index (χ2v) is 5.68. The van der Waals surface area contributed by atoms with E-state index in [9.17, 15) is 9.90 Å². The average molecular weight is 294 g/mol. The Bertz CT molecular complexity index is 448. The Morgan fingerprint density at radius 3 is 2.62 bits per heavy atom. The van der Waals surface area contributed by atoms with Crippen LogP contribution in [-0.2, 0) is 18.3 Å². The van der Waals surface area contributed by atoms with Crippen molar-refractivity contribution in [3.8, 4) is 0 Å². The first-order valence-electron chi connectivity index (χ1n) is 7.74. The minimum Gasteiger partial charge on any atom is -0.395 e. The molecule has 0 saturated carbocycles. The van der Waals surface area contributed by atoms with Gasteiger partial charge in [0.25, 0.3) is 0 Å². The van der Waals surface area contributed by atoms with Crippen molar-refractivity contribution in [3.05, 3.63) is 18.0 Å². The number of hydrogen-bond acceptors (Lipinski definition) is 4. The minimum atomic E-state index is 0.200. The Balaban J connectivity index is 1.75. The molecule has 1 saturated heterocycles. The van der Waals surface area contributed by atoms with Crippen LogP contribution < -0.4 is 0 Å². The third-order valence-corrected chi connectivity index (χ3v) is 4.25. The fourth-order valence-electron chi connectivity index (χ4n) is 2.85. The van der Waals surface area contributed by atoms with E-state index in [0.29, 0.717) is 6.42 Å². The van der Waals surface area contributed by atoms with Crippen molar-refractivity contribution in [2.24, 2.45) is 7.05 Å². The first kappa shape index (κ1) is 16.0. The molecule has 1 unspecified atom stereocenters. The van der Waals surface area contributed by atoms with Crippen LogP contribution in [0.15, 0.2) is 12.4 Å². The Morgan fingerprint density at radius 1 is 1.38 bits per heavy atom. The molecule has 6 nitrogen and oxygen atoms in total. The van der Waals surface area contributed by atoms with Gasteiger partial charge in [0.15, 0.2) is 0 Å². The van der Waals surface area contributed by atoms with E-state index in [0.717, 1.165) is 44.6 Å². The summed E-state index contributed by atoms with van der Waals surface area (Å²) >= 11 is 0. The molecule has 1 fully saturated rings. The monoisotopic (exact) mass is 294 g/mol. The minimum absolute atomic E-state index is 0.200. The van der Waals surface area contributed by atoms with Crippen LogP contribution in [0.2, 0.25) is 0 Å². The SMILES string of the molecule is CCC(CO)N1CCN(C(=O)CCc2cnn(C)c2)CC1. The Labute approximate surface area is 126 Å². The van der Waals surface area contributed by atoms with Crippen molar-refractivity contribution >= 4 is 5.91 Å². The highest BCUT2D eigenvalue weighted by molar-refractivity contribution is 5.76. The summed E-state index contributed by atoms with van der Waals surface area (Å²) in [4.78, 5) is 16.4. The number of hydrogen-bond donors (Lipinski definition) is 1. The third-order valence-electron chi connectivity index (χ3n) is 4.25. The number of aromatic nitrogens is 2. The molecule has 0 spiro atoms. The van der Waals surface area contributed by atoms with Crippen molar-refractivity contribution in [3.63, 3.8) is 0 Å². The number of aryl methyl sites for hydroxylation is 2. The van der Waals surface area contributed by atoms with Gasteiger partial charge in [-0.05, 0) is 18.4 Å². The van der Waals surface area contributed by atoms with Crippen LogP contribution in [-0.4, -0.2) is 69.4 Å². The molecule has 1 aliphatic rings. The van der Waals surface area contributed by atoms with Crippen molar-refractivity contribution in [1.29, 1.82) is 0 Å². The molecule has 0 aliphatic carbocycles. The lowest BCUT2D eigenvalue weighted by atomic mass is 10.1. The lowest BCUT2D eigenvalue weighted by molar-refractivity contribution is -0.133. The van der Waals surface area contributed by atoms with Crippen molar-refractivity contribution in [2.45, 2.75) is 32.2 Å². The van der Waals surface area contributed by atoms with Crippen LogP contribution in [0.25, 0.3) is 0 Å². The quantitative estimate of drug-likeness (QED) is 0.818. The normalized spacial score (nSPS) is 18.0. The van der Waals surface area contributed by atoms with Gasteiger partial charge in [0.2, 0.25) is 5.91 Å². The molecule has 1 aromatic rings. The van der Waals surface area contributed by atoms with Crippen LogP contribution in [0, 0.1) is 0 Å². The highest BCUT2D eigenvalue weighted by Crippen LogP contribution is 2.11. The van der Waals surface area contributed by atoms with Gasteiger partial charge in [-0.25, -0.2) is 0 Å². The van der Waals surface area contributed by atoms with Gasteiger partial charge in [0.05, 0.1) is 12.8 Å². The molecular formula is C15H26N4O2. The predicted octanol–water partition coefficient (Wildman–Crippen LogP) is 0.268. The molecule has 1 aromatic heterocycles. The summed E-state index contributed by atoms with van der Waals surface area (Å²) in [7, 11) is 1.88. The molecule has 1 aliphatic heterocycles. The summed E-state index contributed by atoms with van der Waals surface area (Å²) in [5.41, 5.74) is 1.11. The molecule has 0 aromatic carbocycles. The summed E-state index contributed by atoms with van der Waals surface area (Å²) in [6.07, 6.45) is 6.02. The average Bonchev–Trinajstić information content (AvgIpc) is 2.92. The smallest absolute Gasteiger partial charge is 0.222 e. The van der Waals surface area contributed by atoms with Gasteiger partial charge in [0.1, 0.15) is 0 Å². The van der Waals surface area contributed by atoms with Crippen LogP contribution >= 0.6 is 0 Å². The number of rotatable bonds is 6. The molecule has 6 heteroatoms. The molecule has 1 N–H and O–H groups in total. The van der Waals surface area contributed by atoms with Gasteiger partial charge >= 0.3 is 0 Å². The van der Waals surface area contributed by atoms with Crippen molar-refractivity contribution in [2.75, 3.05) is 32.8 Å². The Kier molecular flexibility index (Phi) is 5.76. The maximum Gasteiger partial charge on any atom is 0.222 e. The second-order valence-electron chi connectivity index (χ2n) is 5.68. The van der Waals surface area contributed by atoms with E-state index in [2.05, 4.69) is 16.9 Å². The molecule has 1 amide bonds. The maximum absolute atomic E-state index is 12.2. The number of aliphatic hydroxyl groups excluding tert-OH is 1. The molecule has 118 valence electrons. The lowest BCUT2D eigenvalue weighted by Gasteiger charge is -2.38. The van der Waals surface area contributed by atoms with Crippen LogP contribution in [0.1, 0.15) is 25.3 Å². The van der Waals surface area contributed by atoms with E-state index in [1.54, 1.807) is 4.68 Å². The number of carbonyl (C=O) groups is 1. The summed E-state index contributed by atoms with van der Waals surface area (Å²) < 4.78 is 1.76. The molecule has 2 heterocycles. The standard InChI is InChI=1S/C15H26N4O2/c1-3-14(12-20)18-6-8-19(9-7-18)15(21)5-4-13-10-16-17(2)11-13/h10-11,14,20H,3-9,12H2,1-2H3. The molecule has 2 rings (SSSR count).